The molecule has 7 heteroatoms. The van der Waals surface area contributed by atoms with E-state index in [1.165, 1.54) is 28.2 Å². The number of hydrogen-bond acceptors (Lipinski definition) is 4. The first-order chi connectivity index (χ1) is 13.8. The van der Waals surface area contributed by atoms with E-state index in [0.717, 1.165) is 37.4 Å². The molecule has 0 unspecified atom stereocenters. The zero-order chi connectivity index (χ0) is 21.0. The number of piperazine rings is 1. The van der Waals surface area contributed by atoms with Crippen molar-refractivity contribution in [2.75, 3.05) is 37.6 Å². The van der Waals surface area contributed by atoms with Gasteiger partial charge in [-0.25, -0.2) is 0 Å². The molecule has 1 fully saturated rings. The number of nitrogens with one attached hydrogen (secondary N) is 2. The number of nitrogens with zero attached hydrogens (tertiary/aromatic N) is 2. The van der Waals surface area contributed by atoms with E-state index in [1.807, 2.05) is 6.92 Å². The minimum atomic E-state index is -0.386. The summed E-state index contributed by atoms with van der Waals surface area (Å²) in [7, 11) is 0. The Morgan fingerprint density at radius 2 is 1.79 bits per heavy atom. The number of quaternary nitrogens is 1. The first kappa shape index (κ1) is 20.8. The Bertz CT molecular complexity index is 874. The Labute approximate surface area is 171 Å². The van der Waals surface area contributed by atoms with Gasteiger partial charge in [0.1, 0.15) is 0 Å². The van der Waals surface area contributed by atoms with Crippen LogP contribution in [0.5, 0.6) is 0 Å². The number of benzene rings is 2. The molecule has 2 aromatic rings. The Morgan fingerprint density at radius 1 is 1.14 bits per heavy atom. The van der Waals surface area contributed by atoms with Gasteiger partial charge in [0, 0.05) is 17.8 Å². The van der Waals surface area contributed by atoms with E-state index in [2.05, 4.69) is 42.3 Å². The summed E-state index contributed by atoms with van der Waals surface area (Å²) in [6, 6.07) is 13.0. The molecule has 29 heavy (non-hydrogen) atoms. The van der Waals surface area contributed by atoms with Gasteiger partial charge in [-0.1, -0.05) is 18.2 Å². The summed E-state index contributed by atoms with van der Waals surface area (Å²) in [4.78, 5) is 26.4. The Hall–Kier alpha value is -2.93. The molecule has 2 aromatic carbocycles. The van der Waals surface area contributed by atoms with E-state index in [9.17, 15) is 14.9 Å². The maximum Gasteiger partial charge on any atom is 0.275 e. The molecule has 1 amide bonds. The lowest BCUT2D eigenvalue weighted by molar-refractivity contribution is -0.892. The molecule has 0 bridgehead atoms. The summed E-state index contributed by atoms with van der Waals surface area (Å²) in [5, 5.41) is 13.9. The van der Waals surface area contributed by atoms with Crippen LogP contribution in [-0.2, 0) is 4.79 Å². The molecule has 0 spiro atoms. The van der Waals surface area contributed by atoms with E-state index < -0.39 is 0 Å². The summed E-state index contributed by atoms with van der Waals surface area (Å²) in [5.74, 6) is 0.0644. The third-order valence-electron chi connectivity index (χ3n) is 5.72. The second-order valence-electron chi connectivity index (χ2n) is 7.82. The molecule has 3 rings (SSSR count). The van der Waals surface area contributed by atoms with E-state index >= 15 is 0 Å². The SMILES string of the molecule is Cc1ccc([C@H](C)NC(=O)C[NH+]2CCN(c3ccc([N+](=O)[O-])cc3)CC2)cc1C. The summed E-state index contributed by atoms with van der Waals surface area (Å²) < 4.78 is 0. The molecular formula is C22H29N4O3+. The van der Waals surface area contributed by atoms with Crippen LogP contribution in [0.15, 0.2) is 42.5 Å². The lowest BCUT2D eigenvalue weighted by Gasteiger charge is -2.33. The van der Waals surface area contributed by atoms with Gasteiger partial charge in [0.05, 0.1) is 37.1 Å². The van der Waals surface area contributed by atoms with E-state index in [1.54, 1.807) is 12.1 Å². The number of hydrogen-bond donors (Lipinski definition) is 2. The quantitative estimate of drug-likeness (QED) is 0.575. The normalized spacial score (nSPS) is 15.8. The van der Waals surface area contributed by atoms with Crippen LogP contribution in [0.4, 0.5) is 11.4 Å². The molecule has 0 saturated carbocycles. The van der Waals surface area contributed by atoms with E-state index in [0.29, 0.717) is 6.54 Å². The number of non-ortho nitro benzene ring substituents is 1. The number of carbonyl (C=O) groups excluding carboxylic acids is 1. The van der Waals surface area contributed by atoms with Crippen molar-refractivity contribution in [2.45, 2.75) is 26.8 Å². The second kappa shape index (κ2) is 9.05. The molecule has 0 aromatic heterocycles. The van der Waals surface area contributed by atoms with Gasteiger partial charge in [-0.05, 0) is 49.6 Å². The number of nitro groups is 1. The summed E-state index contributed by atoms with van der Waals surface area (Å²) in [6.07, 6.45) is 0. The number of carbonyl (C=O) groups is 1. The Morgan fingerprint density at radius 3 is 2.38 bits per heavy atom. The molecule has 1 aliphatic rings. The maximum atomic E-state index is 12.5. The first-order valence-corrected chi connectivity index (χ1v) is 10.0. The van der Waals surface area contributed by atoms with Crippen LogP contribution in [0, 0.1) is 24.0 Å². The molecule has 154 valence electrons. The van der Waals surface area contributed by atoms with Gasteiger partial charge >= 0.3 is 0 Å². The van der Waals surface area contributed by atoms with Gasteiger partial charge in [0.15, 0.2) is 6.54 Å². The molecule has 1 atom stereocenters. The minimum Gasteiger partial charge on any atom is -0.360 e. The number of rotatable bonds is 6. The molecule has 1 aliphatic heterocycles. The van der Waals surface area contributed by atoms with Crippen molar-refractivity contribution in [1.29, 1.82) is 0 Å². The van der Waals surface area contributed by atoms with Gasteiger partial charge < -0.3 is 15.1 Å². The predicted octanol–water partition coefficient (Wildman–Crippen LogP) is 1.79. The van der Waals surface area contributed by atoms with Gasteiger partial charge in [-0.2, -0.15) is 0 Å². The van der Waals surface area contributed by atoms with Crippen LogP contribution in [0.2, 0.25) is 0 Å². The zero-order valence-electron chi connectivity index (χ0n) is 17.3. The Kier molecular flexibility index (Phi) is 6.49. The molecule has 0 radical (unpaired) electrons. The lowest BCUT2D eigenvalue weighted by atomic mass is 10.0. The zero-order valence-corrected chi connectivity index (χ0v) is 17.3. The fourth-order valence-corrected chi connectivity index (χ4v) is 3.68. The topological polar surface area (TPSA) is 79.9 Å². The highest BCUT2D eigenvalue weighted by molar-refractivity contribution is 5.77. The lowest BCUT2D eigenvalue weighted by Crippen LogP contribution is -3.15. The van der Waals surface area contributed by atoms with Gasteiger partial charge in [0.2, 0.25) is 0 Å². The molecule has 7 nitrogen and oxygen atoms in total. The fourth-order valence-electron chi connectivity index (χ4n) is 3.68. The van der Waals surface area contributed by atoms with Crippen molar-refractivity contribution in [3.63, 3.8) is 0 Å². The highest BCUT2D eigenvalue weighted by atomic mass is 16.6. The second-order valence-corrected chi connectivity index (χ2v) is 7.82. The standard InChI is InChI=1S/C22H28N4O3/c1-16-4-5-19(14-17(16)2)18(3)23-22(27)15-24-10-12-25(13-11-24)20-6-8-21(9-7-20)26(28)29/h4-9,14,18H,10-13,15H2,1-3H3,(H,23,27)/p+1/t18-/m0/s1. The van der Waals surface area contributed by atoms with Gasteiger partial charge in [0.25, 0.3) is 11.6 Å². The van der Waals surface area contributed by atoms with Gasteiger partial charge in [-0.15, -0.1) is 0 Å². The number of amides is 1. The van der Waals surface area contributed by atoms with Crippen LogP contribution < -0.4 is 15.1 Å². The molecular weight excluding hydrogens is 368 g/mol. The average Bonchev–Trinajstić information content (AvgIpc) is 2.70. The minimum absolute atomic E-state index is 0.0115. The van der Waals surface area contributed by atoms with Gasteiger partial charge in [-0.3, -0.25) is 14.9 Å². The van der Waals surface area contributed by atoms with Crippen molar-refractivity contribution in [3.8, 4) is 0 Å². The third kappa shape index (κ3) is 5.32. The van der Waals surface area contributed by atoms with E-state index in [4.69, 9.17) is 0 Å². The summed E-state index contributed by atoms with van der Waals surface area (Å²) >= 11 is 0. The van der Waals surface area contributed by atoms with E-state index in [-0.39, 0.29) is 22.6 Å². The average molecular weight is 397 g/mol. The van der Waals surface area contributed by atoms with Crippen LogP contribution in [0.3, 0.4) is 0 Å². The summed E-state index contributed by atoms with van der Waals surface area (Å²) in [5.41, 5.74) is 4.70. The van der Waals surface area contributed by atoms with Crippen LogP contribution in [0.25, 0.3) is 0 Å². The molecule has 1 heterocycles. The fraction of sp³-hybridized carbons (Fsp3) is 0.409. The smallest absolute Gasteiger partial charge is 0.275 e. The van der Waals surface area contributed by atoms with Crippen LogP contribution >= 0.6 is 0 Å². The number of anilines is 1. The van der Waals surface area contributed by atoms with Crippen molar-refractivity contribution in [2.24, 2.45) is 0 Å². The van der Waals surface area contributed by atoms with Crippen LogP contribution in [-0.4, -0.2) is 43.6 Å². The number of nitro benzene ring substituents is 1. The van der Waals surface area contributed by atoms with Crippen molar-refractivity contribution < 1.29 is 14.6 Å². The molecule has 2 N–H and O–H groups in total. The maximum absolute atomic E-state index is 12.5. The van der Waals surface area contributed by atoms with Crippen molar-refractivity contribution >= 4 is 17.3 Å². The summed E-state index contributed by atoms with van der Waals surface area (Å²) in [6.45, 7) is 10.0. The van der Waals surface area contributed by atoms with Crippen molar-refractivity contribution in [1.82, 2.24) is 5.32 Å². The molecule has 0 aliphatic carbocycles. The third-order valence-corrected chi connectivity index (χ3v) is 5.72. The largest absolute Gasteiger partial charge is 0.360 e. The predicted molar refractivity (Wildman–Crippen MR) is 113 cm³/mol. The monoisotopic (exact) mass is 397 g/mol. The van der Waals surface area contributed by atoms with Crippen LogP contribution in [0.1, 0.15) is 29.7 Å². The highest BCUT2D eigenvalue weighted by Crippen LogP contribution is 2.19. The number of aryl methyl sites for hydroxylation is 2. The first-order valence-electron chi connectivity index (χ1n) is 10.0. The Balaban J connectivity index is 1.47. The molecule has 1 saturated heterocycles. The van der Waals surface area contributed by atoms with Crippen molar-refractivity contribution in [3.05, 3.63) is 69.3 Å². The highest BCUT2D eigenvalue weighted by Gasteiger charge is 2.23.